The molecule has 2 aromatic rings. The third-order valence-corrected chi connectivity index (χ3v) is 4.45. The van der Waals surface area contributed by atoms with Crippen LogP contribution in [0.1, 0.15) is 32.7 Å². The van der Waals surface area contributed by atoms with Gasteiger partial charge in [0.1, 0.15) is 18.2 Å². The largest absolute Gasteiger partial charge is 0.480 e. The molecule has 0 aliphatic carbocycles. The Morgan fingerprint density at radius 2 is 1.59 bits per heavy atom. The molecule has 1 aliphatic heterocycles. The molecular formula is C20H19NO6. The number of nitrogens with one attached hydrogen (secondary N) is 1. The zero-order chi connectivity index (χ0) is 19.4. The maximum absolute atomic E-state index is 12.4. The van der Waals surface area contributed by atoms with Crippen molar-refractivity contribution in [2.75, 3.05) is 13.2 Å². The van der Waals surface area contributed by atoms with Crippen molar-refractivity contribution in [3.05, 3.63) is 71.3 Å². The number of ketones is 1. The summed E-state index contributed by atoms with van der Waals surface area (Å²) in [5.74, 6) is -1.86. The summed E-state index contributed by atoms with van der Waals surface area (Å²) in [4.78, 5) is 35.4. The Hall–Kier alpha value is -3.03. The SMILES string of the molecule is O=C(OC[C@]1(O)CN[C@H](C(=O)O)C1)c1ccc(C(=O)c2ccccc2)cc1. The lowest BCUT2D eigenvalue weighted by molar-refractivity contribution is -0.139. The van der Waals surface area contributed by atoms with E-state index in [-0.39, 0.29) is 30.9 Å². The Balaban J connectivity index is 1.60. The zero-order valence-corrected chi connectivity index (χ0v) is 14.4. The second kappa shape index (κ2) is 7.69. The Morgan fingerprint density at radius 1 is 1.00 bits per heavy atom. The van der Waals surface area contributed by atoms with Crippen LogP contribution in [0, 0.1) is 0 Å². The number of rotatable bonds is 6. The highest BCUT2D eigenvalue weighted by molar-refractivity contribution is 6.09. The van der Waals surface area contributed by atoms with Gasteiger partial charge in [-0.3, -0.25) is 9.59 Å². The molecule has 1 saturated heterocycles. The first-order valence-electron chi connectivity index (χ1n) is 8.43. The normalized spacial score (nSPS) is 21.6. The predicted molar refractivity (Wildman–Crippen MR) is 95.6 cm³/mol. The number of carbonyl (C=O) groups is 3. The number of hydrogen-bond donors (Lipinski definition) is 3. The number of esters is 1. The van der Waals surface area contributed by atoms with Gasteiger partial charge >= 0.3 is 11.9 Å². The van der Waals surface area contributed by atoms with Crippen molar-refractivity contribution >= 4 is 17.7 Å². The topological polar surface area (TPSA) is 113 Å². The summed E-state index contributed by atoms with van der Waals surface area (Å²) in [6.07, 6.45) is -0.0415. The molecule has 0 bridgehead atoms. The summed E-state index contributed by atoms with van der Waals surface area (Å²) >= 11 is 0. The van der Waals surface area contributed by atoms with E-state index in [0.717, 1.165) is 0 Å². The maximum Gasteiger partial charge on any atom is 0.338 e. The number of aliphatic hydroxyl groups is 1. The van der Waals surface area contributed by atoms with Gasteiger partial charge in [-0.2, -0.15) is 0 Å². The fourth-order valence-electron chi connectivity index (χ4n) is 2.92. The van der Waals surface area contributed by atoms with Crippen molar-refractivity contribution in [1.29, 1.82) is 0 Å². The molecule has 0 radical (unpaired) electrons. The van der Waals surface area contributed by atoms with Gasteiger partial charge in [-0.15, -0.1) is 0 Å². The van der Waals surface area contributed by atoms with Crippen molar-refractivity contribution in [1.82, 2.24) is 5.32 Å². The lowest BCUT2D eigenvalue weighted by Crippen LogP contribution is -2.37. The summed E-state index contributed by atoms with van der Waals surface area (Å²) < 4.78 is 5.12. The first-order valence-corrected chi connectivity index (χ1v) is 8.43. The third-order valence-electron chi connectivity index (χ3n) is 4.45. The van der Waals surface area contributed by atoms with Crippen molar-refractivity contribution in [2.45, 2.75) is 18.1 Å². The van der Waals surface area contributed by atoms with E-state index in [1.165, 1.54) is 24.3 Å². The van der Waals surface area contributed by atoms with Crippen LogP contribution in [0.2, 0.25) is 0 Å². The van der Waals surface area contributed by atoms with Gasteiger partial charge in [-0.1, -0.05) is 42.5 Å². The molecular weight excluding hydrogens is 350 g/mol. The fraction of sp³-hybridized carbons (Fsp3) is 0.250. The molecule has 2 aromatic carbocycles. The zero-order valence-electron chi connectivity index (χ0n) is 14.4. The van der Waals surface area contributed by atoms with E-state index in [2.05, 4.69) is 5.32 Å². The standard InChI is InChI=1S/C20H19NO6/c22-17(13-4-2-1-3-5-13)14-6-8-15(9-7-14)19(25)27-12-20(26)10-16(18(23)24)21-11-20/h1-9,16,21,26H,10-12H2,(H,23,24)/t16-,20+/m0/s1. The second-order valence-electron chi connectivity index (χ2n) is 6.55. The molecule has 7 nitrogen and oxygen atoms in total. The Kier molecular flexibility index (Phi) is 5.34. The molecule has 27 heavy (non-hydrogen) atoms. The lowest BCUT2D eigenvalue weighted by Gasteiger charge is -2.20. The predicted octanol–water partition coefficient (Wildman–Crippen LogP) is 1.25. The van der Waals surface area contributed by atoms with E-state index in [1.54, 1.807) is 24.3 Å². The summed E-state index contributed by atoms with van der Waals surface area (Å²) in [6.45, 7) is -0.283. The number of carboxylic acids is 1. The maximum atomic E-state index is 12.4. The lowest BCUT2D eigenvalue weighted by atomic mass is 10.0. The van der Waals surface area contributed by atoms with Crippen LogP contribution < -0.4 is 5.32 Å². The molecule has 0 amide bonds. The van der Waals surface area contributed by atoms with E-state index in [4.69, 9.17) is 9.84 Å². The average Bonchev–Trinajstić information content (AvgIpc) is 3.09. The van der Waals surface area contributed by atoms with Crippen LogP contribution >= 0.6 is 0 Å². The molecule has 0 spiro atoms. The van der Waals surface area contributed by atoms with Gasteiger partial charge in [0, 0.05) is 24.1 Å². The molecule has 140 valence electrons. The summed E-state index contributed by atoms with van der Waals surface area (Å²) in [5, 5.41) is 21.9. The van der Waals surface area contributed by atoms with Crippen LogP contribution in [0.5, 0.6) is 0 Å². The average molecular weight is 369 g/mol. The number of carboxylic acid groups (broad SMARTS) is 1. The van der Waals surface area contributed by atoms with Crippen molar-refractivity contribution in [3.63, 3.8) is 0 Å². The van der Waals surface area contributed by atoms with Gasteiger partial charge in [0.15, 0.2) is 5.78 Å². The molecule has 0 aromatic heterocycles. The number of aliphatic carboxylic acids is 1. The van der Waals surface area contributed by atoms with Crippen LogP contribution in [0.3, 0.4) is 0 Å². The Morgan fingerprint density at radius 3 is 2.19 bits per heavy atom. The van der Waals surface area contributed by atoms with Crippen molar-refractivity contribution in [2.24, 2.45) is 0 Å². The minimum atomic E-state index is -1.41. The Labute approximate surface area is 155 Å². The van der Waals surface area contributed by atoms with Gasteiger partial charge in [0.25, 0.3) is 0 Å². The highest BCUT2D eigenvalue weighted by atomic mass is 16.5. The van der Waals surface area contributed by atoms with E-state index >= 15 is 0 Å². The van der Waals surface area contributed by atoms with Gasteiger partial charge < -0.3 is 20.3 Å². The minimum Gasteiger partial charge on any atom is -0.480 e. The van der Waals surface area contributed by atoms with E-state index in [1.807, 2.05) is 6.07 Å². The summed E-state index contributed by atoms with van der Waals surface area (Å²) in [6, 6.07) is 14.0. The Bertz CT molecular complexity index is 849. The monoisotopic (exact) mass is 369 g/mol. The number of carbonyl (C=O) groups excluding carboxylic acids is 2. The molecule has 2 atom stereocenters. The highest BCUT2D eigenvalue weighted by Crippen LogP contribution is 2.21. The van der Waals surface area contributed by atoms with E-state index in [0.29, 0.717) is 11.1 Å². The number of ether oxygens (including phenoxy) is 1. The van der Waals surface area contributed by atoms with Gasteiger partial charge in [0.2, 0.25) is 0 Å². The molecule has 7 heteroatoms. The van der Waals surface area contributed by atoms with E-state index < -0.39 is 23.6 Å². The second-order valence-corrected chi connectivity index (χ2v) is 6.55. The first kappa shape index (κ1) is 18.8. The molecule has 1 fully saturated rings. The molecule has 0 saturated carbocycles. The fourth-order valence-corrected chi connectivity index (χ4v) is 2.92. The third kappa shape index (κ3) is 4.39. The minimum absolute atomic E-state index is 0.0295. The van der Waals surface area contributed by atoms with Crippen molar-refractivity contribution in [3.8, 4) is 0 Å². The van der Waals surface area contributed by atoms with Crippen LogP contribution in [-0.4, -0.2) is 52.7 Å². The number of β-amino-alcohol motifs (C(OH)–C–C–N with tert-alkyl or cyclic N) is 1. The molecule has 3 N–H and O–H groups in total. The van der Waals surface area contributed by atoms with Gasteiger partial charge in [-0.05, 0) is 12.1 Å². The van der Waals surface area contributed by atoms with E-state index in [9.17, 15) is 19.5 Å². The van der Waals surface area contributed by atoms with Gasteiger partial charge in [0.05, 0.1) is 5.56 Å². The van der Waals surface area contributed by atoms with Gasteiger partial charge in [-0.25, -0.2) is 4.79 Å². The molecule has 1 heterocycles. The van der Waals surface area contributed by atoms with Crippen LogP contribution in [0.25, 0.3) is 0 Å². The van der Waals surface area contributed by atoms with Crippen LogP contribution in [0.15, 0.2) is 54.6 Å². The number of benzene rings is 2. The van der Waals surface area contributed by atoms with Crippen molar-refractivity contribution < 1.29 is 29.3 Å². The quantitative estimate of drug-likeness (QED) is 0.519. The summed E-state index contributed by atoms with van der Waals surface area (Å²) in [7, 11) is 0. The molecule has 1 aliphatic rings. The molecule has 0 unspecified atom stereocenters. The summed E-state index contributed by atoms with van der Waals surface area (Å²) in [5.41, 5.74) is -0.177. The molecule has 3 rings (SSSR count). The highest BCUT2D eigenvalue weighted by Gasteiger charge is 2.41. The first-order chi connectivity index (χ1) is 12.9. The van der Waals surface area contributed by atoms with Crippen LogP contribution in [0.4, 0.5) is 0 Å². The smallest absolute Gasteiger partial charge is 0.338 e. The van der Waals surface area contributed by atoms with Crippen LogP contribution in [-0.2, 0) is 9.53 Å². The number of hydrogen-bond acceptors (Lipinski definition) is 6.